The molecule has 0 bridgehead atoms. The Kier molecular flexibility index (Phi) is 3.48. The van der Waals surface area contributed by atoms with Crippen LogP contribution in [0, 0.1) is 0 Å². The molecule has 3 heterocycles. The molecule has 0 spiro atoms. The van der Waals surface area contributed by atoms with Crippen LogP contribution in [0.2, 0.25) is 0 Å². The van der Waals surface area contributed by atoms with Crippen LogP contribution in [0.15, 0.2) is 29.9 Å². The number of nitrogens with one attached hydrogen (secondary N) is 1. The summed E-state index contributed by atoms with van der Waals surface area (Å²) in [6.07, 6.45) is 4.88. The van der Waals surface area contributed by atoms with Crippen molar-refractivity contribution in [2.75, 3.05) is 5.32 Å². The average molecular weight is 289 g/mol. The topological polar surface area (TPSA) is 37.8 Å². The highest BCUT2D eigenvalue weighted by atomic mass is 32.1. The van der Waals surface area contributed by atoms with Gasteiger partial charge in [0.2, 0.25) is 0 Å². The van der Waals surface area contributed by atoms with Gasteiger partial charge in [0.15, 0.2) is 0 Å². The number of nitrogens with zero attached hydrogens (tertiary/aromatic N) is 2. The quantitative estimate of drug-likeness (QED) is 0.769. The van der Waals surface area contributed by atoms with Crippen molar-refractivity contribution >= 4 is 38.6 Å². The minimum atomic E-state index is 0.220. The van der Waals surface area contributed by atoms with Crippen molar-refractivity contribution in [3.63, 3.8) is 0 Å². The smallest absolute Gasteiger partial charge is 0.115 e. The van der Waals surface area contributed by atoms with Gasteiger partial charge in [-0.05, 0) is 30.9 Å². The van der Waals surface area contributed by atoms with Crippen molar-refractivity contribution in [3.05, 3.63) is 39.8 Å². The van der Waals surface area contributed by atoms with E-state index >= 15 is 0 Å². The first-order valence-electron chi connectivity index (χ1n) is 6.31. The standard InChI is InChI=1S/C14H15N3S2/c1-3-10-8-16-14(19-10)9(2)17-12-4-6-15-11-5-7-18-13(11)12/h4-9H,3H2,1-2H3,(H,15,17). The monoisotopic (exact) mass is 289 g/mol. The lowest BCUT2D eigenvalue weighted by Gasteiger charge is -2.13. The van der Waals surface area contributed by atoms with Crippen LogP contribution in [0.3, 0.4) is 0 Å². The summed E-state index contributed by atoms with van der Waals surface area (Å²) >= 11 is 3.50. The van der Waals surface area contributed by atoms with Crippen LogP contribution < -0.4 is 5.32 Å². The summed E-state index contributed by atoms with van der Waals surface area (Å²) < 4.78 is 1.21. The number of thiazole rings is 1. The van der Waals surface area contributed by atoms with Gasteiger partial charge in [0.05, 0.1) is 21.9 Å². The maximum atomic E-state index is 4.49. The zero-order valence-electron chi connectivity index (χ0n) is 10.9. The molecule has 0 amide bonds. The first-order chi connectivity index (χ1) is 9.28. The summed E-state index contributed by atoms with van der Waals surface area (Å²) in [5, 5.41) is 6.76. The first-order valence-corrected chi connectivity index (χ1v) is 8.01. The number of hydrogen-bond acceptors (Lipinski definition) is 5. The zero-order chi connectivity index (χ0) is 13.2. The lowest BCUT2D eigenvalue weighted by molar-refractivity contribution is 0.871. The van der Waals surface area contributed by atoms with Gasteiger partial charge in [-0.2, -0.15) is 0 Å². The van der Waals surface area contributed by atoms with Crippen LogP contribution >= 0.6 is 22.7 Å². The second-order valence-corrected chi connectivity index (χ2v) is 6.44. The first kappa shape index (κ1) is 12.6. The van der Waals surface area contributed by atoms with E-state index in [2.05, 4.69) is 40.6 Å². The molecular formula is C14H15N3S2. The number of thiophene rings is 1. The van der Waals surface area contributed by atoms with E-state index in [0.717, 1.165) is 22.6 Å². The fraction of sp³-hybridized carbons (Fsp3) is 0.286. The molecule has 0 aliphatic rings. The molecule has 0 aliphatic heterocycles. The molecule has 0 saturated carbocycles. The third kappa shape index (κ3) is 2.48. The Morgan fingerprint density at radius 1 is 1.32 bits per heavy atom. The molecule has 1 unspecified atom stereocenters. The lowest BCUT2D eigenvalue weighted by atomic mass is 10.3. The minimum Gasteiger partial charge on any atom is -0.375 e. The van der Waals surface area contributed by atoms with Crippen LogP contribution in [-0.4, -0.2) is 9.97 Å². The van der Waals surface area contributed by atoms with E-state index < -0.39 is 0 Å². The number of fused-ring (bicyclic) bond motifs is 1. The Labute approximate surface area is 120 Å². The highest BCUT2D eigenvalue weighted by molar-refractivity contribution is 7.17. The number of aryl methyl sites for hydroxylation is 1. The van der Waals surface area contributed by atoms with Crippen molar-refractivity contribution in [1.82, 2.24) is 9.97 Å². The Morgan fingerprint density at radius 2 is 2.21 bits per heavy atom. The van der Waals surface area contributed by atoms with Gasteiger partial charge in [-0.3, -0.25) is 4.98 Å². The fourth-order valence-electron chi connectivity index (χ4n) is 1.97. The highest BCUT2D eigenvalue weighted by Crippen LogP contribution is 2.30. The van der Waals surface area contributed by atoms with Gasteiger partial charge in [-0.25, -0.2) is 4.98 Å². The van der Waals surface area contributed by atoms with E-state index in [1.807, 2.05) is 18.5 Å². The molecule has 0 saturated heterocycles. The largest absolute Gasteiger partial charge is 0.375 e. The van der Waals surface area contributed by atoms with Crippen molar-refractivity contribution in [2.45, 2.75) is 26.3 Å². The van der Waals surface area contributed by atoms with Crippen molar-refractivity contribution in [1.29, 1.82) is 0 Å². The SMILES string of the molecule is CCc1cnc(C(C)Nc2ccnc3ccsc23)s1. The van der Waals surface area contributed by atoms with Gasteiger partial charge in [0.25, 0.3) is 0 Å². The third-order valence-electron chi connectivity index (χ3n) is 3.01. The summed E-state index contributed by atoms with van der Waals surface area (Å²) in [4.78, 5) is 10.2. The molecule has 98 valence electrons. The predicted molar refractivity (Wildman–Crippen MR) is 83.1 cm³/mol. The number of anilines is 1. The van der Waals surface area contributed by atoms with Crippen molar-refractivity contribution in [3.8, 4) is 0 Å². The molecule has 0 fully saturated rings. The Balaban J connectivity index is 1.86. The Bertz CT molecular complexity index is 687. The van der Waals surface area contributed by atoms with Gasteiger partial charge in [0, 0.05) is 17.3 Å². The Hall–Kier alpha value is -1.46. The molecule has 3 rings (SSSR count). The van der Waals surface area contributed by atoms with E-state index in [9.17, 15) is 0 Å². The molecule has 1 atom stereocenters. The number of aromatic nitrogens is 2. The van der Waals surface area contributed by atoms with Crippen molar-refractivity contribution < 1.29 is 0 Å². The lowest BCUT2D eigenvalue weighted by Crippen LogP contribution is -2.06. The zero-order valence-corrected chi connectivity index (χ0v) is 12.5. The second-order valence-electron chi connectivity index (χ2n) is 4.38. The molecule has 3 aromatic rings. The van der Waals surface area contributed by atoms with Gasteiger partial charge in [-0.15, -0.1) is 22.7 Å². The molecule has 0 aliphatic carbocycles. The normalized spacial score (nSPS) is 12.7. The third-order valence-corrected chi connectivity index (χ3v) is 5.27. The van der Waals surface area contributed by atoms with Crippen LogP contribution in [0.4, 0.5) is 5.69 Å². The number of hydrogen-bond donors (Lipinski definition) is 1. The highest BCUT2D eigenvalue weighted by Gasteiger charge is 2.12. The van der Waals surface area contributed by atoms with Gasteiger partial charge >= 0.3 is 0 Å². The molecule has 19 heavy (non-hydrogen) atoms. The summed E-state index contributed by atoms with van der Waals surface area (Å²) in [7, 11) is 0. The summed E-state index contributed by atoms with van der Waals surface area (Å²) in [5.74, 6) is 0. The minimum absolute atomic E-state index is 0.220. The molecule has 1 N–H and O–H groups in total. The van der Waals surface area contributed by atoms with Crippen molar-refractivity contribution in [2.24, 2.45) is 0 Å². The molecule has 0 aromatic carbocycles. The second kappa shape index (κ2) is 5.27. The van der Waals surface area contributed by atoms with E-state index in [-0.39, 0.29) is 6.04 Å². The maximum Gasteiger partial charge on any atom is 0.115 e. The van der Waals surface area contributed by atoms with E-state index in [4.69, 9.17) is 0 Å². The number of rotatable bonds is 4. The van der Waals surface area contributed by atoms with E-state index in [1.165, 1.54) is 9.58 Å². The summed E-state index contributed by atoms with van der Waals surface area (Å²) in [5.41, 5.74) is 2.19. The van der Waals surface area contributed by atoms with Gasteiger partial charge in [0.1, 0.15) is 5.01 Å². The van der Waals surface area contributed by atoms with Crippen LogP contribution in [0.1, 0.15) is 29.8 Å². The predicted octanol–water partition coefficient (Wildman–Crippen LogP) is 4.49. The van der Waals surface area contributed by atoms with E-state index in [0.29, 0.717) is 0 Å². The molecule has 3 aromatic heterocycles. The van der Waals surface area contributed by atoms with Gasteiger partial charge in [-0.1, -0.05) is 6.92 Å². The molecule has 3 nitrogen and oxygen atoms in total. The maximum absolute atomic E-state index is 4.49. The Morgan fingerprint density at radius 3 is 3.00 bits per heavy atom. The van der Waals surface area contributed by atoms with Gasteiger partial charge < -0.3 is 5.32 Å². The molecular weight excluding hydrogens is 274 g/mol. The number of pyridine rings is 1. The molecule has 0 radical (unpaired) electrons. The summed E-state index contributed by atoms with van der Waals surface area (Å²) in [6.45, 7) is 4.31. The summed E-state index contributed by atoms with van der Waals surface area (Å²) in [6, 6.07) is 4.30. The van der Waals surface area contributed by atoms with Crippen LogP contribution in [-0.2, 0) is 6.42 Å². The molecule has 5 heteroatoms. The average Bonchev–Trinajstić information content (AvgIpc) is 3.08. The van der Waals surface area contributed by atoms with E-state index in [1.54, 1.807) is 22.7 Å². The van der Waals surface area contributed by atoms with Crippen LogP contribution in [0.5, 0.6) is 0 Å². The van der Waals surface area contributed by atoms with Crippen LogP contribution in [0.25, 0.3) is 10.2 Å². The fourth-order valence-corrected chi connectivity index (χ4v) is 3.66.